The molecule has 1 unspecified atom stereocenters. The van der Waals surface area contributed by atoms with Gasteiger partial charge in [0.05, 0.1) is 12.0 Å². The fourth-order valence-corrected chi connectivity index (χ4v) is 3.88. The third kappa shape index (κ3) is 2.17. The normalized spacial score (nSPS) is 17.9. The second-order valence-corrected chi connectivity index (χ2v) is 7.14. The molecule has 0 N–H and O–H groups in total. The average Bonchev–Trinajstić information content (AvgIpc) is 2.93. The Balaban J connectivity index is 2.02. The number of ether oxygens (including phenoxy) is 1. The molecule has 0 bridgehead atoms. The highest BCUT2D eigenvalue weighted by Crippen LogP contribution is 2.42. The molecular weight excluding hydrogens is 276 g/mol. The van der Waals surface area contributed by atoms with Gasteiger partial charge in [-0.1, -0.05) is 19.9 Å². The molecule has 100 valence electrons. The fraction of sp³-hybridized carbons (Fsp3) is 0.375. The summed E-state index contributed by atoms with van der Waals surface area (Å²) in [5.41, 5.74) is 3.77. The van der Waals surface area contributed by atoms with Gasteiger partial charge in [-0.15, -0.1) is 22.9 Å². The monoisotopic (exact) mass is 292 g/mol. The number of halogens is 1. The molecule has 1 aliphatic heterocycles. The largest absolute Gasteiger partial charge is 0.492 e. The third-order valence-corrected chi connectivity index (χ3v) is 5.43. The number of thiophene rings is 1. The number of alkyl halides is 1. The number of hydrogen-bond donors (Lipinski definition) is 0. The number of fused-ring (bicyclic) bond motifs is 1. The van der Waals surface area contributed by atoms with E-state index in [1.165, 1.54) is 16.0 Å². The van der Waals surface area contributed by atoms with Crippen LogP contribution in [0.5, 0.6) is 5.75 Å². The van der Waals surface area contributed by atoms with Crippen LogP contribution in [0.4, 0.5) is 0 Å². The first-order valence-corrected chi connectivity index (χ1v) is 7.76. The number of hydrogen-bond acceptors (Lipinski definition) is 2. The summed E-state index contributed by atoms with van der Waals surface area (Å²) in [6.45, 7) is 7.28. The van der Waals surface area contributed by atoms with Crippen molar-refractivity contribution in [3.05, 3.63) is 51.2 Å². The second kappa shape index (κ2) is 4.53. The van der Waals surface area contributed by atoms with Gasteiger partial charge in [0.15, 0.2) is 0 Å². The molecule has 0 fully saturated rings. The summed E-state index contributed by atoms with van der Waals surface area (Å²) in [4.78, 5) is 1.23. The Hall–Kier alpha value is -0.990. The molecule has 1 aromatic heterocycles. The fourth-order valence-electron chi connectivity index (χ4n) is 2.49. The number of benzene rings is 1. The zero-order valence-electron chi connectivity index (χ0n) is 11.4. The molecule has 1 nitrogen and oxygen atoms in total. The van der Waals surface area contributed by atoms with Gasteiger partial charge in [-0.2, -0.15) is 0 Å². The quantitative estimate of drug-likeness (QED) is 0.703. The van der Waals surface area contributed by atoms with Crippen molar-refractivity contribution in [1.29, 1.82) is 0 Å². The van der Waals surface area contributed by atoms with E-state index in [1.54, 1.807) is 11.3 Å². The van der Waals surface area contributed by atoms with Crippen LogP contribution < -0.4 is 4.74 Å². The van der Waals surface area contributed by atoms with E-state index in [2.05, 4.69) is 50.4 Å². The van der Waals surface area contributed by atoms with E-state index < -0.39 is 0 Å². The Kier molecular flexibility index (Phi) is 3.11. The van der Waals surface area contributed by atoms with Crippen LogP contribution >= 0.6 is 22.9 Å². The topological polar surface area (TPSA) is 9.23 Å². The van der Waals surface area contributed by atoms with Gasteiger partial charge in [0.25, 0.3) is 0 Å². The summed E-state index contributed by atoms with van der Waals surface area (Å²) in [7, 11) is 0. The SMILES string of the molecule is Cc1ccsc1C(Cl)c1ccc2c(c1)C(C)(C)CO2. The number of aryl methyl sites for hydroxylation is 1. The molecule has 3 rings (SSSR count). The number of rotatable bonds is 2. The van der Waals surface area contributed by atoms with Crippen molar-refractivity contribution in [2.75, 3.05) is 6.61 Å². The van der Waals surface area contributed by atoms with Crippen molar-refractivity contribution in [2.45, 2.75) is 31.6 Å². The summed E-state index contributed by atoms with van der Waals surface area (Å²) in [5.74, 6) is 1.00. The van der Waals surface area contributed by atoms with E-state index in [9.17, 15) is 0 Å². The molecule has 3 heteroatoms. The van der Waals surface area contributed by atoms with E-state index in [-0.39, 0.29) is 10.8 Å². The van der Waals surface area contributed by atoms with Crippen LogP contribution in [0, 0.1) is 6.92 Å². The van der Waals surface area contributed by atoms with Crippen LogP contribution in [0.3, 0.4) is 0 Å². The summed E-state index contributed by atoms with van der Waals surface area (Å²) in [6.07, 6.45) is 0. The lowest BCUT2D eigenvalue weighted by Crippen LogP contribution is -2.18. The van der Waals surface area contributed by atoms with Gasteiger partial charge in [-0.05, 0) is 41.6 Å². The van der Waals surface area contributed by atoms with E-state index in [1.807, 2.05) is 0 Å². The van der Waals surface area contributed by atoms with Crippen LogP contribution in [0.25, 0.3) is 0 Å². The van der Waals surface area contributed by atoms with Crippen LogP contribution in [-0.2, 0) is 5.41 Å². The van der Waals surface area contributed by atoms with Crippen molar-refractivity contribution in [1.82, 2.24) is 0 Å². The molecule has 1 aliphatic rings. The van der Waals surface area contributed by atoms with Gasteiger partial charge in [-0.3, -0.25) is 0 Å². The molecule has 2 aromatic rings. The molecule has 0 spiro atoms. The third-order valence-electron chi connectivity index (χ3n) is 3.75. The maximum Gasteiger partial charge on any atom is 0.123 e. The molecule has 0 saturated carbocycles. The van der Waals surface area contributed by atoms with Crippen molar-refractivity contribution < 1.29 is 4.74 Å². The molecule has 0 amide bonds. The van der Waals surface area contributed by atoms with E-state index in [0.717, 1.165) is 17.9 Å². The van der Waals surface area contributed by atoms with Crippen LogP contribution in [0.2, 0.25) is 0 Å². The predicted octanol–water partition coefficient (Wildman–Crippen LogP) is 5.05. The van der Waals surface area contributed by atoms with Crippen molar-refractivity contribution in [2.24, 2.45) is 0 Å². The molecule has 1 aromatic carbocycles. The summed E-state index contributed by atoms with van der Waals surface area (Å²) in [6, 6.07) is 8.46. The van der Waals surface area contributed by atoms with Gasteiger partial charge < -0.3 is 4.74 Å². The molecule has 0 radical (unpaired) electrons. The Morgan fingerprint density at radius 2 is 2.11 bits per heavy atom. The molecule has 2 heterocycles. The Labute approximate surface area is 123 Å². The molecular formula is C16H17ClOS. The Morgan fingerprint density at radius 1 is 1.32 bits per heavy atom. The van der Waals surface area contributed by atoms with Gasteiger partial charge in [0, 0.05) is 15.9 Å². The van der Waals surface area contributed by atoms with E-state index in [0.29, 0.717) is 0 Å². The van der Waals surface area contributed by atoms with Crippen LogP contribution in [-0.4, -0.2) is 6.61 Å². The highest BCUT2D eigenvalue weighted by Gasteiger charge is 2.32. The molecule has 1 atom stereocenters. The molecule has 0 saturated heterocycles. The summed E-state index contributed by atoms with van der Waals surface area (Å²) in [5, 5.41) is 2.03. The first kappa shape index (κ1) is 13.0. The predicted molar refractivity (Wildman–Crippen MR) is 81.7 cm³/mol. The van der Waals surface area contributed by atoms with Crippen LogP contribution in [0.1, 0.15) is 40.8 Å². The smallest absolute Gasteiger partial charge is 0.123 e. The lowest BCUT2D eigenvalue weighted by Gasteiger charge is -2.17. The maximum atomic E-state index is 6.64. The Bertz CT molecular complexity index is 615. The van der Waals surface area contributed by atoms with Gasteiger partial charge in [0.2, 0.25) is 0 Å². The zero-order chi connectivity index (χ0) is 13.6. The van der Waals surface area contributed by atoms with Gasteiger partial charge in [0.1, 0.15) is 5.75 Å². The lowest BCUT2D eigenvalue weighted by molar-refractivity contribution is 0.291. The zero-order valence-corrected chi connectivity index (χ0v) is 12.9. The highest BCUT2D eigenvalue weighted by atomic mass is 35.5. The van der Waals surface area contributed by atoms with Crippen molar-refractivity contribution in [3.63, 3.8) is 0 Å². The van der Waals surface area contributed by atoms with Gasteiger partial charge in [-0.25, -0.2) is 0 Å². The van der Waals surface area contributed by atoms with Crippen molar-refractivity contribution >= 4 is 22.9 Å². The highest BCUT2D eigenvalue weighted by molar-refractivity contribution is 7.10. The van der Waals surface area contributed by atoms with E-state index >= 15 is 0 Å². The second-order valence-electron chi connectivity index (χ2n) is 5.76. The van der Waals surface area contributed by atoms with E-state index in [4.69, 9.17) is 16.3 Å². The summed E-state index contributed by atoms with van der Waals surface area (Å²) >= 11 is 8.37. The minimum Gasteiger partial charge on any atom is -0.492 e. The standard InChI is InChI=1S/C16H17ClOS/c1-10-6-7-19-15(10)14(17)11-4-5-13-12(8-11)16(2,3)9-18-13/h4-8,14H,9H2,1-3H3. The lowest BCUT2D eigenvalue weighted by atomic mass is 9.86. The minimum atomic E-state index is -0.0679. The van der Waals surface area contributed by atoms with Crippen molar-refractivity contribution in [3.8, 4) is 5.75 Å². The molecule has 19 heavy (non-hydrogen) atoms. The average molecular weight is 293 g/mol. The van der Waals surface area contributed by atoms with Crippen LogP contribution in [0.15, 0.2) is 29.6 Å². The van der Waals surface area contributed by atoms with Gasteiger partial charge >= 0.3 is 0 Å². The first-order valence-electron chi connectivity index (χ1n) is 6.44. The Morgan fingerprint density at radius 3 is 2.79 bits per heavy atom. The molecule has 0 aliphatic carbocycles. The maximum absolute atomic E-state index is 6.64. The first-order chi connectivity index (χ1) is 8.99. The summed E-state index contributed by atoms with van der Waals surface area (Å²) < 4.78 is 5.72. The minimum absolute atomic E-state index is 0.0679.